The number of nitrogens with one attached hydrogen (secondary N) is 1. The van der Waals surface area contributed by atoms with E-state index in [9.17, 15) is 4.79 Å². The fraction of sp³-hybridized carbons (Fsp3) is 0.333. The molecule has 1 N–H and O–H groups in total. The van der Waals surface area contributed by atoms with Crippen molar-refractivity contribution < 1.29 is 4.79 Å². The molecular formula is C18H19N3OS. The number of aryl methyl sites for hydroxylation is 2. The van der Waals surface area contributed by atoms with Gasteiger partial charge in [0.25, 0.3) is 5.91 Å². The zero-order valence-corrected chi connectivity index (χ0v) is 14.1. The molecular weight excluding hydrogens is 306 g/mol. The number of aromatic nitrogens is 2. The third-order valence-corrected chi connectivity index (χ3v) is 5.66. The van der Waals surface area contributed by atoms with Gasteiger partial charge in [-0.3, -0.25) is 9.48 Å². The molecule has 0 bridgehead atoms. The van der Waals surface area contributed by atoms with Gasteiger partial charge in [-0.15, -0.1) is 11.3 Å². The van der Waals surface area contributed by atoms with Crippen molar-refractivity contribution in [1.82, 2.24) is 15.1 Å². The Morgan fingerprint density at radius 3 is 2.74 bits per heavy atom. The summed E-state index contributed by atoms with van der Waals surface area (Å²) in [6, 6.07) is 12.4. The van der Waals surface area contributed by atoms with Crippen LogP contribution in [0.3, 0.4) is 0 Å². The number of rotatable bonds is 4. The normalized spacial score (nSPS) is 15.7. The van der Waals surface area contributed by atoms with E-state index >= 15 is 0 Å². The monoisotopic (exact) mass is 325 g/mol. The number of carbonyl (C=O) groups excluding carboxylic acids is 1. The van der Waals surface area contributed by atoms with E-state index in [1.807, 2.05) is 42.9 Å². The standard InChI is InChI=1S/C18H19N3OS/c1-11-14-10-15(23-18(14)21(2)20-11)17(22)19-16(13-8-9-13)12-6-4-3-5-7-12/h3-7,10,13,16H,8-9H2,1-2H3,(H,19,22). The largest absolute Gasteiger partial charge is 0.344 e. The van der Waals surface area contributed by atoms with Crippen molar-refractivity contribution in [2.75, 3.05) is 0 Å². The third-order valence-electron chi connectivity index (χ3n) is 4.46. The van der Waals surface area contributed by atoms with Crippen LogP contribution in [0.15, 0.2) is 36.4 Å². The summed E-state index contributed by atoms with van der Waals surface area (Å²) in [5.74, 6) is 0.588. The lowest BCUT2D eigenvalue weighted by atomic mass is 10.0. The van der Waals surface area contributed by atoms with Crippen LogP contribution in [0.5, 0.6) is 0 Å². The Kier molecular flexibility index (Phi) is 3.45. The zero-order valence-electron chi connectivity index (χ0n) is 13.2. The molecule has 1 aromatic carbocycles. The minimum atomic E-state index is 0.0198. The molecule has 2 aromatic heterocycles. The maximum Gasteiger partial charge on any atom is 0.261 e. The lowest BCUT2D eigenvalue weighted by Gasteiger charge is -2.18. The number of thiophene rings is 1. The minimum absolute atomic E-state index is 0.0198. The SMILES string of the molecule is Cc1nn(C)c2sc(C(=O)NC(c3ccccc3)C3CC3)cc12. The maximum absolute atomic E-state index is 12.7. The van der Waals surface area contributed by atoms with Crippen molar-refractivity contribution in [1.29, 1.82) is 0 Å². The van der Waals surface area contributed by atoms with Gasteiger partial charge in [0.1, 0.15) is 4.83 Å². The van der Waals surface area contributed by atoms with Gasteiger partial charge in [-0.25, -0.2) is 0 Å². The number of hydrogen-bond acceptors (Lipinski definition) is 3. The summed E-state index contributed by atoms with van der Waals surface area (Å²) in [6.07, 6.45) is 2.38. The molecule has 1 unspecified atom stereocenters. The highest BCUT2D eigenvalue weighted by Gasteiger charge is 2.33. The van der Waals surface area contributed by atoms with Crippen LogP contribution in [-0.4, -0.2) is 15.7 Å². The van der Waals surface area contributed by atoms with Crippen LogP contribution >= 0.6 is 11.3 Å². The van der Waals surface area contributed by atoms with Crippen molar-refractivity contribution in [3.05, 3.63) is 52.5 Å². The van der Waals surface area contributed by atoms with E-state index in [0.717, 1.165) is 20.8 Å². The van der Waals surface area contributed by atoms with Gasteiger partial charge in [0.05, 0.1) is 16.6 Å². The van der Waals surface area contributed by atoms with Crippen LogP contribution in [0, 0.1) is 12.8 Å². The molecule has 5 heteroatoms. The Bertz CT molecular complexity index is 827. The smallest absolute Gasteiger partial charge is 0.261 e. The molecule has 1 amide bonds. The molecule has 0 saturated heterocycles. The second-order valence-corrected chi connectivity index (χ2v) is 7.27. The quantitative estimate of drug-likeness (QED) is 0.792. The van der Waals surface area contributed by atoms with Crippen LogP contribution in [-0.2, 0) is 7.05 Å². The van der Waals surface area contributed by atoms with Gasteiger partial charge >= 0.3 is 0 Å². The van der Waals surface area contributed by atoms with Crippen molar-refractivity contribution >= 4 is 27.5 Å². The average molecular weight is 325 g/mol. The Balaban J connectivity index is 1.61. The summed E-state index contributed by atoms with van der Waals surface area (Å²) in [5.41, 5.74) is 2.17. The predicted molar refractivity (Wildman–Crippen MR) is 92.7 cm³/mol. The third kappa shape index (κ3) is 2.65. The molecule has 23 heavy (non-hydrogen) atoms. The molecule has 1 aliphatic rings. The van der Waals surface area contributed by atoms with Gasteiger partial charge < -0.3 is 5.32 Å². The fourth-order valence-electron chi connectivity index (χ4n) is 3.09. The van der Waals surface area contributed by atoms with Crippen LogP contribution in [0.25, 0.3) is 10.2 Å². The molecule has 3 aromatic rings. The number of carbonyl (C=O) groups is 1. The molecule has 1 aliphatic carbocycles. The molecule has 0 radical (unpaired) electrons. The van der Waals surface area contributed by atoms with Crippen LogP contribution in [0.4, 0.5) is 0 Å². The van der Waals surface area contributed by atoms with Crippen LogP contribution in [0.1, 0.15) is 39.8 Å². The summed E-state index contributed by atoms with van der Waals surface area (Å²) < 4.78 is 1.85. The highest BCUT2D eigenvalue weighted by Crippen LogP contribution is 2.41. The summed E-state index contributed by atoms with van der Waals surface area (Å²) >= 11 is 1.51. The first-order valence-corrected chi connectivity index (χ1v) is 8.74. The Labute approximate surface area is 139 Å². The highest BCUT2D eigenvalue weighted by atomic mass is 32.1. The van der Waals surface area contributed by atoms with Gasteiger partial charge in [-0.05, 0) is 37.3 Å². The molecule has 1 saturated carbocycles. The molecule has 2 heterocycles. The molecule has 1 fully saturated rings. The van der Waals surface area contributed by atoms with E-state index in [1.165, 1.54) is 29.7 Å². The fourth-order valence-corrected chi connectivity index (χ4v) is 4.12. The Morgan fingerprint density at radius 1 is 1.35 bits per heavy atom. The first-order valence-electron chi connectivity index (χ1n) is 7.92. The zero-order chi connectivity index (χ0) is 16.0. The molecule has 1 atom stereocenters. The van der Waals surface area contributed by atoms with E-state index in [1.54, 1.807) is 0 Å². The predicted octanol–water partition coefficient (Wildman–Crippen LogP) is 3.82. The van der Waals surface area contributed by atoms with Crippen molar-refractivity contribution in [3.63, 3.8) is 0 Å². The number of fused-ring (bicyclic) bond motifs is 1. The van der Waals surface area contributed by atoms with Gasteiger partial charge in [0, 0.05) is 12.4 Å². The number of nitrogens with zero attached hydrogens (tertiary/aromatic N) is 2. The summed E-state index contributed by atoms with van der Waals surface area (Å²) in [5, 5.41) is 8.71. The number of amides is 1. The molecule has 0 aliphatic heterocycles. The molecule has 4 nitrogen and oxygen atoms in total. The van der Waals surface area contributed by atoms with E-state index < -0.39 is 0 Å². The second-order valence-electron chi connectivity index (χ2n) is 6.24. The minimum Gasteiger partial charge on any atom is -0.344 e. The van der Waals surface area contributed by atoms with Crippen LogP contribution < -0.4 is 5.32 Å². The van der Waals surface area contributed by atoms with E-state index in [4.69, 9.17) is 0 Å². The number of benzene rings is 1. The van der Waals surface area contributed by atoms with Gasteiger partial charge in [0.15, 0.2) is 0 Å². The molecule has 4 rings (SSSR count). The Hall–Kier alpha value is -2.14. The van der Waals surface area contributed by atoms with E-state index in [-0.39, 0.29) is 11.9 Å². The van der Waals surface area contributed by atoms with Crippen molar-refractivity contribution in [2.24, 2.45) is 13.0 Å². The van der Waals surface area contributed by atoms with Crippen molar-refractivity contribution in [3.8, 4) is 0 Å². The van der Waals surface area contributed by atoms with Gasteiger partial charge in [0.2, 0.25) is 0 Å². The van der Waals surface area contributed by atoms with E-state index in [0.29, 0.717) is 5.92 Å². The molecule has 0 spiro atoms. The van der Waals surface area contributed by atoms with Gasteiger partial charge in [-0.1, -0.05) is 30.3 Å². The molecule has 118 valence electrons. The average Bonchev–Trinajstić information content (AvgIpc) is 3.22. The van der Waals surface area contributed by atoms with E-state index in [2.05, 4.69) is 22.5 Å². The Morgan fingerprint density at radius 2 is 2.09 bits per heavy atom. The lowest BCUT2D eigenvalue weighted by Crippen LogP contribution is -2.29. The first kappa shape index (κ1) is 14.5. The highest BCUT2D eigenvalue weighted by molar-refractivity contribution is 7.20. The second kappa shape index (κ2) is 5.49. The number of hydrogen-bond donors (Lipinski definition) is 1. The maximum atomic E-state index is 12.7. The first-order chi connectivity index (χ1) is 11.1. The summed E-state index contributed by atoms with van der Waals surface area (Å²) in [6.45, 7) is 1.98. The van der Waals surface area contributed by atoms with Gasteiger partial charge in [-0.2, -0.15) is 5.10 Å². The summed E-state index contributed by atoms with van der Waals surface area (Å²) in [7, 11) is 1.92. The van der Waals surface area contributed by atoms with Crippen LogP contribution in [0.2, 0.25) is 0 Å². The summed E-state index contributed by atoms with van der Waals surface area (Å²) in [4.78, 5) is 14.5. The lowest BCUT2D eigenvalue weighted by molar-refractivity contribution is 0.0936. The topological polar surface area (TPSA) is 46.9 Å². The van der Waals surface area contributed by atoms with Crippen molar-refractivity contribution in [2.45, 2.75) is 25.8 Å².